The summed E-state index contributed by atoms with van der Waals surface area (Å²) >= 11 is 1.73. The second-order valence-corrected chi connectivity index (χ2v) is 2.59. The van der Waals surface area contributed by atoms with Gasteiger partial charge in [0.2, 0.25) is 0 Å². The molecule has 0 amide bonds. The highest BCUT2D eigenvalue weighted by Crippen LogP contribution is 2.12. The lowest BCUT2D eigenvalue weighted by atomic mass is 10.4. The van der Waals surface area contributed by atoms with E-state index in [1.165, 1.54) is 10.6 Å². The molecule has 0 aliphatic heterocycles. The summed E-state index contributed by atoms with van der Waals surface area (Å²) in [5.41, 5.74) is 1.30. The van der Waals surface area contributed by atoms with Crippen molar-refractivity contribution in [2.24, 2.45) is 0 Å². The summed E-state index contributed by atoms with van der Waals surface area (Å²) in [4.78, 5) is 3.12. The van der Waals surface area contributed by atoms with Crippen molar-refractivity contribution >= 4 is 11.8 Å². The summed E-state index contributed by atoms with van der Waals surface area (Å²) in [7, 11) is 0. The molecule has 1 aromatic rings. The lowest BCUT2D eigenvalue weighted by Gasteiger charge is -1.81. The van der Waals surface area contributed by atoms with Crippen LogP contribution in [-0.2, 0) is 0 Å². The summed E-state index contributed by atoms with van der Waals surface area (Å²) in [6, 6.07) is 2.13. The third kappa shape index (κ3) is 1.07. The fourth-order valence-electron chi connectivity index (χ4n) is 0.593. The van der Waals surface area contributed by atoms with Crippen molar-refractivity contribution in [3.05, 3.63) is 17.8 Å². The molecule has 0 radical (unpaired) electrons. The van der Waals surface area contributed by atoms with Crippen LogP contribution in [0.3, 0.4) is 0 Å². The van der Waals surface area contributed by atoms with Crippen LogP contribution in [0.1, 0.15) is 5.56 Å². The highest BCUT2D eigenvalue weighted by atomic mass is 32.2. The molecule has 1 heterocycles. The van der Waals surface area contributed by atoms with Crippen LogP contribution in [0.4, 0.5) is 0 Å². The molecular formula is C6H9NS. The third-order valence-corrected chi connectivity index (χ3v) is 1.70. The van der Waals surface area contributed by atoms with E-state index in [2.05, 4.69) is 24.2 Å². The normalized spacial score (nSPS) is 9.75. The fraction of sp³-hybridized carbons (Fsp3) is 0.333. The van der Waals surface area contributed by atoms with E-state index in [1.807, 2.05) is 6.20 Å². The Labute approximate surface area is 53.5 Å². The molecule has 0 aromatic carbocycles. The Hall–Kier alpha value is -0.370. The van der Waals surface area contributed by atoms with Gasteiger partial charge in [0, 0.05) is 6.20 Å². The first kappa shape index (κ1) is 5.76. The number of thioether (sulfide) groups is 1. The Kier molecular flexibility index (Phi) is 1.63. The molecule has 1 aromatic heterocycles. The molecule has 0 atom stereocenters. The SMILES string of the molecule is CSc1cc(C)c[nH]1. The van der Waals surface area contributed by atoms with Crippen LogP contribution in [0.2, 0.25) is 0 Å². The minimum atomic E-state index is 1.24. The molecule has 8 heavy (non-hydrogen) atoms. The van der Waals surface area contributed by atoms with Crippen LogP contribution in [0.25, 0.3) is 0 Å². The predicted molar refractivity (Wildman–Crippen MR) is 37.3 cm³/mol. The summed E-state index contributed by atoms with van der Waals surface area (Å²) in [6.07, 6.45) is 4.07. The van der Waals surface area contributed by atoms with Crippen molar-refractivity contribution in [1.29, 1.82) is 0 Å². The lowest BCUT2D eigenvalue weighted by Crippen LogP contribution is -1.60. The van der Waals surface area contributed by atoms with Gasteiger partial charge in [0.1, 0.15) is 0 Å². The fourth-order valence-corrected chi connectivity index (χ4v) is 1.07. The van der Waals surface area contributed by atoms with Gasteiger partial charge in [-0.1, -0.05) is 0 Å². The van der Waals surface area contributed by atoms with Crippen molar-refractivity contribution in [3.63, 3.8) is 0 Å². The monoisotopic (exact) mass is 127 g/mol. The van der Waals surface area contributed by atoms with Gasteiger partial charge < -0.3 is 4.98 Å². The van der Waals surface area contributed by atoms with E-state index < -0.39 is 0 Å². The molecule has 0 saturated heterocycles. The number of H-pyrrole nitrogens is 1. The molecule has 1 nitrogen and oxygen atoms in total. The van der Waals surface area contributed by atoms with E-state index in [4.69, 9.17) is 0 Å². The van der Waals surface area contributed by atoms with Gasteiger partial charge in [-0.25, -0.2) is 0 Å². The van der Waals surface area contributed by atoms with Gasteiger partial charge in [-0.05, 0) is 24.8 Å². The molecule has 0 bridgehead atoms. The number of nitrogens with one attached hydrogen (secondary N) is 1. The van der Waals surface area contributed by atoms with Crippen LogP contribution >= 0.6 is 11.8 Å². The Bertz CT molecular complexity index is 169. The third-order valence-electron chi connectivity index (χ3n) is 1.02. The van der Waals surface area contributed by atoms with Crippen molar-refractivity contribution < 1.29 is 0 Å². The predicted octanol–water partition coefficient (Wildman–Crippen LogP) is 2.05. The van der Waals surface area contributed by atoms with Crippen molar-refractivity contribution in [2.75, 3.05) is 6.26 Å². The average Bonchev–Trinajstić information content (AvgIpc) is 2.14. The Balaban J connectivity index is 2.84. The Morgan fingerprint density at radius 1 is 1.62 bits per heavy atom. The first-order valence-electron chi connectivity index (χ1n) is 2.52. The van der Waals surface area contributed by atoms with Gasteiger partial charge in [0.15, 0.2) is 0 Å². The standard InChI is InChI=1S/C6H9NS/c1-5-3-6(8-2)7-4-5/h3-4,7H,1-2H3. The molecule has 0 fully saturated rings. The molecule has 0 unspecified atom stereocenters. The zero-order chi connectivity index (χ0) is 5.98. The summed E-state index contributed by atoms with van der Waals surface area (Å²) < 4.78 is 0. The maximum Gasteiger partial charge on any atom is 0.0721 e. The Morgan fingerprint density at radius 2 is 2.38 bits per heavy atom. The minimum absolute atomic E-state index is 1.24. The van der Waals surface area contributed by atoms with Gasteiger partial charge in [-0.2, -0.15) is 0 Å². The largest absolute Gasteiger partial charge is 0.356 e. The van der Waals surface area contributed by atoms with Crippen LogP contribution in [0.5, 0.6) is 0 Å². The molecular weight excluding hydrogens is 118 g/mol. The number of rotatable bonds is 1. The van der Waals surface area contributed by atoms with Crippen LogP contribution in [-0.4, -0.2) is 11.2 Å². The van der Waals surface area contributed by atoms with E-state index in [9.17, 15) is 0 Å². The first-order chi connectivity index (χ1) is 3.83. The summed E-state index contributed by atoms with van der Waals surface area (Å²) in [5, 5.41) is 1.24. The van der Waals surface area contributed by atoms with E-state index in [0.717, 1.165) is 0 Å². The van der Waals surface area contributed by atoms with E-state index in [1.54, 1.807) is 11.8 Å². The van der Waals surface area contributed by atoms with Gasteiger partial charge in [-0.3, -0.25) is 0 Å². The molecule has 0 aliphatic rings. The molecule has 0 saturated carbocycles. The van der Waals surface area contributed by atoms with Gasteiger partial charge in [-0.15, -0.1) is 11.8 Å². The average molecular weight is 127 g/mol. The van der Waals surface area contributed by atoms with Crippen LogP contribution in [0.15, 0.2) is 17.3 Å². The number of hydrogen-bond donors (Lipinski definition) is 1. The van der Waals surface area contributed by atoms with E-state index >= 15 is 0 Å². The zero-order valence-corrected chi connectivity index (χ0v) is 5.88. The molecule has 44 valence electrons. The number of aromatic amines is 1. The number of aryl methyl sites for hydroxylation is 1. The highest BCUT2D eigenvalue weighted by Gasteiger charge is 1.88. The molecule has 1 rings (SSSR count). The second kappa shape index (κ2) is 2.27. The smallest absolute Gasteiger partial charge is 0.0721 e. The Morgan fingerprint density at radius 3 is 2.62 bits per heavy atom. The van der Waals surface area contributed by atoms with Gasteiger partial charge in [0.05, 0.1) is 5.03 Å². The van der Waals surface area contributed by atoms with Crippen molar-refractivity contribution in [1.82, 2.24) is 4.98 Å². The number of hydrogen-bond acceptors (Lipinski definition) is 1. The molecule has 2 heteroatoms. The van der Waals surface area contributed by atoms with Crippen LogP contribution in [0, 0.1) is 6.92 Å². The first-order valence-corrected chi connectivity index (χ1v) is 3.74. The topological polar surface area (TPSA) is 15.8 Å². The lowest BCUT2D eigenvalue weighted by molar-refractivity contribution is 1.21. The number of aromatic nitrogens is 1. The van der Waals surface area contributed by atoms with Gasteiger partial charge >= 0.3 is 0 Å². The molecule has 0 aliphatic carbocycles. The maximum atomic E-state index is 3.12. The van der Waals surface area contributed by atoms with Crippen molar-refractivity contribution in [2.45, 2.75) is 11.9 Å². The summed E-state index contributed by atoms with van der Waals surface area (Å²) in [5.74, 6) is 0. The highest BCUT2D eigenvalue weighted by molar-refractivity contribution is 7.98. The van der Waals surface area contributed by atoms with Crippen molar-refractivity contribution in [3.8, 4) is 0 Å². The second-order valence-electron chi connectivity index (χ2n) is 1.75. The quantitative estimate of drug-likeness (QED) is 0.571. The summed E-state index contributed by atoms with van der Waals surface area (Å²) in [6.45, 7) is 2.08. The zero-order valence-electron chi connectivity index (χ0n) is 5.06. The van der Waals surface area contributed by atoms with E-state index in [0.29, 0.717) is 0 Å². The van der Waals surface area contributed by atoms with E-state index in [-0.39, 0.29) is 0 Å². The molecule has 0 spiro atoms. The maximum absolute atomic E-state index is 3.12. The van der Waals surface area contributed by atoms with Gasteiger partial charge in [0.25, 0.3) is 0 Å². The van der Waals surface area contributed by atoms with Crippen LogP contribution < -0.4 is 0 Å². The molecule has 1 N–H and O–H groups in total. The minimum Gasteiger partial charge on any atom is -0.356 e.